The van der Waals surface area contributed by atoms with Crippen LogP contribution in [0, 0.1) is 17.1 Å². The summed E-state index contributed by atoms with van der Waals surface area (Å²) in [6.07, 6.45) is 3.13. The number of benzene rings is 1. The first-order valence-corrected chi connectivity index (χ1v) is 10.5. The van der Waals surface area contributed by atoms with E-state index in [-0.39, 0.29) is 11.7 Å². The van der Waals surface area contributed by atoms with Crippen molar-refractivity contribution in [1.29, 1.82) is 5.26 Å². The fraction of sp³-hybridized carbons (Fsp3) is 0.333. The second-order valence-corrected chi connectivity index (χ2v) is 8.25. The average Bonchev–Trinajstić information content (AvgIpc) is 3.08. The van der Waals surface area contributed by atoms with E-state index in [2.05, 4.69) is 28.1 Å². The number of aryl methyl sites for hydroxylation is 2. The lowest BCUT2D eigenvalue weighted by atomic mass is 9.89. The van der Waals surface area contributed by atoms with Crippen LogP contribution in [-0.2, 0) is 20.0 Å². The molecule has 8 heteroatoms. The van der Waals surface area contributed by atoms with E-state index in [0.29, 0.717) is 24.5 Å². The first-order chi connectivity index (χ1) is 15.3. The highest BCUT2D eigenvalue weighted by atomic mass is 19.1. The van der Waals surface area contributed by atoms with Gasteiger partial charge in [-0.2, -0.15) is 10.4 Å². The zero-order chi connectivity index (χ0) is 23.0. The van der Waals surface area contributed by atoms with Gasteiger partial charge in [-0.3, -0.25) is 9.67 Å². The van der Waals surface area contributed by atoms with Gasteiger partial charge in [0.2, 0.25) is 0 Å². The van der Waals surface area contributed by atoms with Crippen molar-refractivity contribution in [2.24, 2.45) is 12.0 Å². The topological polar surface area (TPSA) is 96.1 Å². The Bertz CT molecular complexity index is 1250. The summed E-state index contributed by atoms with van der Waals surface area (Å²) in [4.78, 5) is 10.9. The Balaban J connectivity index is 1.96. The summed E-state index contributed by atoms with van der Waals surface area (Å²) in [5.41, 5.74) is 11.6. The van der Waals surface area contributed by atoms with Gasteiger partial charge in [-0.05, 0) is 54.2 Å². The van der Waals surface area contributed by atoms with E-state index in [4.69, 9.17) is 5.73 Å². The number of aromatic nitrogens is 3. The van der Waals surface area contributed by atoms with Crippen LogP contribution in [0.1, 0.15) is 47.3 Å². The lowest BCUT2D eigenvalue weighted by Crippen LogP contribution is -2.29. The molecule has 0 spiro atoms. The van der Waals surface area contributed by atoms with Crippen molar-refractivity contribution in [2.45, 2.75) is 32.2 Å². The molecular weight excluding hydrogens is 405 g/mol. The van der Waals surface area contributed by atoms with E-state index in [1.165, 1.54) is 6.07 Å². The van der Waals surface area contributed by atoms with Crippen LogP contribution in [0.3, 0.4) is 0 Å². The second kappa shape index (κ2) is 8.42. The summed E-state index contributed by atoms with van der Waals surface area (Å²) in [7, 11) is 5.42. The predicted octanol–water partition coefficient (Wildman–Crippen LogP) is 3.63. The zero-order valence-corrected chi connectivity index (χ0v) is 18.7. The van der Waals surface area contributed by atoms with E-state index in [1.807, 2.05) is 18.0 Å². The van der Waals surface area contributed by atoms with Gasteiger partial charge in [0, 0.05) is 44.0 Å². The largest absolute Gasteiger partial charge is 0.383 e. The lowest BCUT2D eigenvalue weighted by Gasteiger charge is -2.24. The Hall–Kier alpha value is -3.73. The van der Waals surface area contributed by atoms with Crippen LogP contribution in [0.15, 0.2) is 35.5 Å². The molecule has 0 saturated heterocycles. The number of hydrogen-bond acceptors (Lipinski definition) is 5. The molecule has 4 rings (SSSR count). The molecule has 0 saturated carbocycles. The maximum Gasteiger partial charge on any atom is 0.146 e. The molecule has 0 fully saturated rings. The molecule has 1 aliphatic heterocycles. The van der Waals surface area contributed by atoms with Gasteiger partial charge >= 0.3 is 0 Å². The molecule has 0 unspecified atom stereocenters. The maximum atomic E-state index is 14.2. The highest BCUT2D eigenvalue weighted by Gasteiger charge is 2.24. The summed E-state index contributed by atoms with van der Waals surface area (Å²) in [5, 5.41) is 14.4. The molecule has 7 nitrogen and oxygen atoms in total. The third-order valence-corrected chi connectivity index (χ3v) is 6.11. The van der Waals surface area contributed by atoms with Gasteiger partial charge in [-0.25, -0.2) is 9.37 Å². The van der Waals surface area contributed by atoms with Crippen LogP contribution < -0.4 is 5.73 Å². The second-order valence-electron chi connectivity index (χ2n) is 8.25. The predicted molar refractivity (Wildman–Crippen MR) is 123 cm³/mol. The molecule has 2 N–H and O–H groups in total. The minimum Gasteiger partial charge on any atom is -0.383 e. The van der Waals surface area contributed by atoms with Crippen LogP contribution in [0.5, 0.6) is 0 Å². The molecule has 2 aromatic heterocycles. The van der Waals surface area contributed by atoms with Crippen molar-refractivity contribution in [3.05, 3.63) is 64.4 Å². The van der Waals surface area contributed by atoms with Crippen LogP contribution in [0.25, 0.3) is 11.1 Å². The molecule has 0 aliphatic carbocycles. The number of pyridine rings is 1. The van der Waals surface area contributed by atoms with Crippen molar-refractivity contribution in [1.82, 2.24) is 19.7 Å². The minimum atomic E-state index is -0.271. The number of nitriles is 1. The Labute approximate surface area is 187 Å². The Morgan fingerprint density at radius 2 is 2.06 bits per heavy atom. The molecule has 1 aliphatic rings. The number of amidine groups is 1. The van der Waals surface area contributed by atoms with E-state index >= 15 is 0 Å². The first-order valence-electron chi connectivity index (χ1n) is 10.5. The zero-order valence-electron chi connectivity index (χ0n) is 18.7. The summed E-state index contributed by atoms with van der Waals surface area (Å²) >= 11 is 0. The van der Waals surface area contributed by atoms with E-state index in [9.17, 15) is 9.65 Å². The van der Waals surface area contributed by atoms with Crippen LogP contribution in [0.4, 0.5) is 10.2 Å². The number of nitrogen functional groups attached to an aromatic ring is 1. The van der Waals surface area contributed by atoms with Crippen LogP contribution in [-0.4, -0.2) is 39.6 Å². The fourth-order valence-corrected chi connectivity index (χ4v) is 4.45. The lowest BCUT2D eigenvalue weighted by molar-refractivity contribution is 0.487. The molecule has 3 aromatic rings. The van der Waals surface area contributed by atoms with Gasteiger partial charge < -0.3 is 10.6 Å². The normalized spacial score (nSPS) is 17.6. The quantitative estimate of drug-likeness (QED) is 0.586. The molecule has 164 valence electrons. The van der Waals surface area contributed by atoms with Crippen LogP contribution >= 0.6 is 0 Å². The van der Waals surface area contributed by atoms with Gasteiger partial charge in [0.25, 0.3) is 0 Å². The van der Waals surface area contributed by atoms with Crippen molar-refractivity contribution in [3.63, 3.8) is 0 Å². The third-order valence-electron chi connectivity index (χ3n) is 6.11. The summed E-state index contributed by atoms with van der Waals surface area (Å²) < 4.78 is 15.8. The minimum absolute atomic E-state index is 0.0755. The van der Waals surface area contributed by atoms with Crippen LogP contribution in [0.2, 0.25) is 0 Å². The van der Waals surface area contributed by atoms with Crippen molar-refractivity contribution < 1.29 is 4.39 Å². The first kappa shape index (κ1) is 21.5. The number of aliphatic imine (C=N–C) groups is 1. The monoisotopic (exact) mass is 431 g/mol. The average molecular weight is 432 g/mol. The van der Waals surface area contributed by atoms with Gasteiger partial charge in [-0.1, -0.05) is 6.92 Å². The molecule has 0 radical (unpaired) electrons. The van der Waals surface area contributed by atoms with Gasteiger partial charge in [0.15, 0.2) is 0 Å². The number of fused-ring (bicyclic) bond motifs is 5. The summed E-state index contributed by atoms with van der Waals surface area (Å²) in [5.74, 6) is 1.01. The highest BCUT2D eigenvalue weighted by Crippen LogP contribution is 2.33. The molecule has 3 heterocycles. The smallest absolute Gasteiger partial charge is 0.146 e. The highest BCUT2D eigenvalue weighted by molar-refractivity contribution is 6.00. The number of nitrogens with two attached hydrogens (primary N) is 1. The Morgan fingerprint density at radius 1 is 1.28 bits per heavy atom. The third kappa shape index (κ3) is 3.71. The molecule has 1 atom stereocenters. The van der Waals surface area contributed by atoms with E-state index < -0.39 is 0 Å². The van der Waals surface area contributed by atoms with Gasteiger partial charge in [0.05, 0.1) is 12.2 Å². The number of anilines is 1. The molecule has 2 bridgehead atoms. The number of nitrogens with zero attached hydrogens (tertiary/aromatic N) is 6. The van der Waals surface area contributed by atoms with E-state index in [1.54, 1.807) is 37.1 Å². The van der Waals surface area contributed by atoms with Crippen molar-refractivity contribution in [3.8, 4) is 17.2 Å². The molecule has 32 heavy (non-hydrogen) atoms. The number of halogens is 1. The maximum absolute atomic E-state index is 14.2. The Morgan fingerprint density at radius 3 is 2.78 bits per heavy atom. The fourth-order valence-electron chi connectivity index (χ4n) is 4.45. The summed E-state index contributed by atoms with van der Waals surface area (Å²) in [6, 6.07) is 9.11. The number of rotatable bonds is 0. The molecular formula is C24H26FN7. The Kier molecular flexibility index (Phi) is 5.66. The van der Waals surface area contributed by atoms with Crippen molar-refractivity contribution in [2.75, 3.05) is 19.8 Å². The van der Waals surface area contributed by atoms with Gasteiger partial charge in [-0.15, -0.1) is 0 Å². The SMILES string of the molecule is CN=C1c2ccc(F)cc2[C@@H](C)CCc2cc(cnc2N)-c2c(nn(C)c2C#N)CN1C. The molecule has 0 amide bonds. The number of hydrogen-bond donors (Lipinski definition) is 1. The van der Waals surface area contributed by atoms with Crippen molar-refractivity contribution >= 4 is 11.7 Å². The standard InChI is InChI=1S/C24H26FN7/c1-14-5-6-15-9-16(12-29-23(15)27)22-20(30-32(4)21(22)11-26)13-31(3)24(28-2)18-8-7-17(25)10-19(14)18/h7-10,12,14H,5-6,13H2,1-4H3,(H2,27,29)/t14-/m0/s1. The molecule has 1 aromatic carbocycles. The van der Waals surface area contributed by atoms with Gasteiger partial charge in [0.1, 0.15) is 29.2 Å². The summed E-state index contributed by atoms with van der Waals surface area (Å²) in [6.45, 7) is 2.51. The van der Waals surface area contributed by atoms with E-state index in [0.717, 1.165) is 45.8 Å².